The molecule has 0 aliphatic carbocycles. The molecule has 140 valence electrons. The highest BCUT2D eigenvalue weighted by Gasteiger charge is 2.26. The summed E-state index contributed by atoms with van der Waals surface area (Å²) in [5, 5.41) is 2.42. The van der Waals surface area contributed by atoms with Gasteiger partial charge in [0.15, 0.2) is 5.75 Å². The molecule has 1 aliphatic heterocycles. The first kappa shape index (κ1) is 17.7. The van der Waals surface area contributed by atoms with E-state index in [-0.39, 0.29) is 17.2 Å². The lowest BCUT2D eigenvalue weighted by atomic mass is 10.1. The molecule has 0 aromatic heterocycles. The van der Waals surface area contributed by atoms with Crippen molar-refractivity contribution in [1.82, 2.24) is 0 Å². The smallest absolute Gasteiger partial charge is 0.261 e. The van der Waals surface area contributed by atoms with E-state index in [9.17, 15) is 18.4 Å². The number of carbonyl (C=O) groups is 2. The van der Waals surface area contributed by atoms with Crippen LogP contribution in [0.4, 0.5) is 20.2 Å². The van der Waals surface area contributed by atoms with Crippen molar-refractivity contribution in [1.29, 1.82) is 0 Å². The van der Waals surface area contributed by atoms with Crippen molar-refractivity contribution in [3.63, 3.8) is 0 Å². The number of benzene rings is 3. The first-order valence-corrected chi connectivity index (χ1v) is 8.40. The van der Waals surface area contributed by atoms with Gasteiger partial charge in [-0.1, -0.05) is 18.2 Å². The van der Waals surface area contributed by atoms with Crippen LogP contribution in [0.25, 0.3) is 0 Å². The van der Waals surface area contributed by atoms with Crippen LogP contribution >= 0.6 is 0 Å². The molecule has 0 atom stereocenters. The molecule has 1 N–H and O–H groups in total. The van der Waals surface area contributed by atoms with Crippen LogP contribution in [0.2, 0.25) is 0 Å². The molecule has 0 unspecified atom stereocenters. The zero-order valence-electron chi connectivity index (χ0n) is 14.7. The summed E-state index contributed by atoms with van der Waals surface area (Å²) in [6, 6.07) is 14.7. The molecular formula is C21H14F2N2O3. The average molecular weight is 380 g/mol. The van der Waals surface area contributed by atoms with Crippen LogP contribution in [0.15, 0.2) is 60.7 Å². The number of hydrogen-bond donors (Lipinski definition) is 1. The summed E-state index contributed by atoms with van der Waals surface area (Å²) < 4.78 is 33.5. The zero-order chi connectivity index (χ0) is 19.8. The largest absolute Gasteiger partial charge is 0.454 e. The third-order valence-corrected chi connectivity index (χ3v) is 4.41. The molecule has 1 heterocycles. The topological polar surface area (TPSA) is 58.6 Å². The van der Waals surface area contributed by atoms with E-state index in [0.29, 0.717) is 17.2 Å². The molecule has 5 nitrogen and oxygen atoms in total. The van der Waals surface area contributed by atoms with Gasteiger partial charge in [-0.25, -0.2) is 8.78 Å². The van der Waals surface area contributed by atoms with Gasteiger partial charge in [0, 0.05) is 12.7 Å². The number of rotatable bonds is 2. The molecule has 0 saturated heterocycles. The Morgan fingerprint density at radius 2 is 1.68 bits per heavy atom. The van der Waals surface area contributed by atoms with Crippen molar-refractivity contribution in [2.45, 2.75) is 0 Å². The summed E-state index contributed by atoms with van der Waals surface area (Å²) in [5.41, 5.74) is 0.334. The Kier molecular flexibility index (Phi) is 4.27. The highest BCUT2D eigenvalue weighted by atomic mass is 19.1. The Hall–Kier alpha value is -3.74. The maximum Gasteiger partial charge on any atom is 0.261 e. The molecule has 0 spiro atoms. The first-order chi connectivity index (χ1) is 13.5. The molecule has 3 aromatic rings. The molecule has 3 aromatic carbocycles. The lowest BCUT2D eigenvalue weighted by Gasteiger charge is -2.16. The summed E-state index contributed by atoms with van der Waals surface area (Å²) in [6.45, 7) is 0. The Bertz CT molecular complexity index is 1090. The van der Waals surface area contributed by atoms with Crippen LogP contribution in [-0.4, -0.2) is 18.9 Å². The minimum atomic E-state index is -0.971. The van der Waals surface area contributed by atoms with Crippen LogP contribution in [0.1, 0.15) is 20.7 Å². The fourth-order valence-corrected chi connectivity index (χ4v) is 3.00. The van der Waals surface area contributed by atoms with Crippen molar-refractivity contribution >= 4 is 23.2 Å². The first-order valence-electron chi connectivity index (χ1n) is 8.40. The van der Waals surface area contributed by atoms with E-state index in [1.165, 1.54) is 29.2 Å². The number of fused-ring (bicyclic) bond motifs is 2. The number of amides is 2. The molecule has 28 heavy (non-hydrogen) atoms. The van der Waals surface area contributed by atoms with Gasteiger partial charge < -0.3 is 15.0 Å². The third kappa shape index (κ3) is 2.96. The Morgan fingerprint density at radius 1 is 0.964 bits per heavy atom. The van der Waals surface area contributed by atoms with Crippen molar-refractivity contribution in [3.8, 4) is 11.5 Å². The Labute approximate surface area is 159 Å². The fourth-order valence-electron chi connectivity index (χ4n) is 3.00. The third-order valence-electron chi connectivity index (χ3n) is 4.41. The van der Waals surface area contributed by atoms with Crippen molar-refractivity contribution < 1.29 is 23.1 Å². The van der Waals surface area contributed by atoms with E-state index in [2.05, 4.69) is 5.32 Å². The number of para-hydroxylation sites is 2. The second kappa shape index (κ2) is 6.77. The number of anilines is 2. The lowest BCUT2D eigenvalue weighted by Crippen LogP contribution is -2.25. The predicted octanol–water partition coefficient (Wildman–Crippen LogP) is 4.60. The quantitative estimate of drug-likeness (QED) is 0.707. The minimum Gasteiger partial charge on any atom is -0.454 e. The highest BCUT2D eigenvalue weighted by molar-refractivity contribution is 6.11. The molecule has 0 radical (unpaired) electrons. The van der Waals surface area contributed by atoms with E-state index in [0.717, 1.165) is 12.1 Å². The van der Waals surface area contributed by atoms with Gasteiger partial charge in [0.2, 0.25) is 0 Å². The molecule has 2 amide bonds. The summed E-state index contributed by atoms with van der Waals surface area (Å²) in [6.07, 6.45) is 0. The molecular weight excluding hydrogens is 366 g/mol. The number of carbonyl (C=O) groups excluding carboxylic acids is 2. The van der Waals surface area contributed by atoms with Gasteiger partial charge in [-0.15, -0.1) is 0 Å². The van der Waals surface area contributed by atoms with E-state index in [4.69, 9.17) is 4.74 Å². The molecule has 0 bridgehead atoms. The van der Waals surface area contributed by atoms with Gasteiger partial charge in [-0.2, -0.15) is 0 Å². The fraction of sp³-hybridized carbons (Fsp3) is 0.0476. The second-order valence-corrected chi connectivity index (χ2v) is 6.20. The summed E-state index contributed by atoms with van der Waals surface area (Å²) in [7, 11) is 1.61. The van der Waals surface area contributed by atoms with Crippen molar-refractivity contribution in [2.75, 3.05) is 17.3 Å². The highest BCUT2D eigenvalue weighted by Crippen LogP contribution is 2.38. The SMILES string of the molecule is CN1C(=O)c2cc(NC(=O)c3c(F)cccc3F)ccc2Oc2ccccc21. The molecule has 0 saturated carbocycles. The Morgan fingerprint density at radius 3 is 2.43 bits per heavy atom. The number of halogens is 2. The predicted molar refractivity (Wildman–Crippen MR) is 100 cm³/mol. The number of hydrogen-bond acceptors (Lipinski definition) is 3. The lowest BCUT2D eigenvalue weighted by molar-refractivity contribution is 0.0989. The standard InChI is InChI=1S/C21H14F2N2O3/c1-25-16-7-2-3-8-18(16)28-17-10-9-12(11-13(17)21(25)27)24-20(26)19-14(22)5-4-6-15(19)23/h2-11H,1H3,(H,24,26). The second-order valence-electron chi connectivity index (χ2n) is 6.20. The molecule has 1 aliphatic rings. The van der Waals surface area contributed by atoms with Crippen LogP contribution in [0, 0.1) is 11.6 Å². The van der Waals surface area contributed by atoms with Crippen molar-refractivity contribution in [2.24, 2.45) is 0 Å². The van der Waals surface area contributed by atoms with Gasteiger partial charge in [-0.3, -0.25) is 9.59 Å². The van der Waals surface area contributed by atoms with Gasteiger partial charge >= 0.3 is 0 Å². The van der Waals surface area contributed by atoms with Crippen molar-refractivity contribution in [3.05, 3.63) is 83.4 Å². The summed E-state index contributed by atoms with van der Waals surface area (Å²) in [5.74, 6) is -2.40. The van der Waals surface area contributed by atoms with Crippen LogP contribution in [0.3, 0.4) is 0 Å². The van der Waals surface area contributed by atoms with Gasteiger partial charge in [0.05, 0.1) is 11.3 Å². The number of nitrogens with zero attached hydrogens (tertiary/aromatic N) is 1. The van der Waals surface area contributed by atoms with Crippen LogP contribution in [-0.2, 0) is 0 Å². The molecule has 7 heteroatoms. The van der Waals surface area contributed by atoms with Gasteiger partial charge in [0.25, 0.3) is 11.8 Å². The molecule has 4 rings (SSSR count). The van der Waals surface area contributed by atoms with Gasteiger partial charge in [-0.05, 0) is 42.5 Å². The molecule has 0 fully saturated rings. The van der Waals surface area contributed by atoms with Crippen LogP contribution < -0.4 is 15.0 Å². The number of nitrogens with one attached hydrogen (secondary N) is 1. The van der Waals surface area contributed by atoms with E-state index >= 15 is 0 Å². The minimum absolute atomic E-state index is 0.211. The summed E-state index contributed by atoms with van der Waals surface area (Å²) >= 11 is 0. The normalized spacial score (nSPS) is 12.5. The van der Waals surface area contributed by atoms with E-state index < -0.39 is 23.1 Å². The average Bonchev–Trinajstić information content (AvgIpc) is 2.77. The van der Waals surface area contributed by atoms with E-state index in [1.807, 2.05) is 0 Å². The monoisotopic (exact) mass is 380 g/mol. The Balaban J connectivity index is 1.68. The number of ether oxygens (including phenoxy) is 1. The zero-order valence-corrected chi connectivity index (χ0v) is 14.7. The van der Waals surface area contributed by atoms with Crippen LogP contribution in [0.5, 0.6) is 11.5 Å². The summed E-state index contributed by atoms with van der Waals surface area (Å²) in [4.78, 5) is 26.6. The van der Waals surface area contributed by atoms with E-state index in [1.54, 1.807) is 31.3 Å². The van der Waals surface area contributed by atoms with Gasteiger partial charge in [0.1, 0.15) is 22.9 Å². The maximum absolute atomic E-state index is 13.8. The maximum atomic E-state index is 13.8.